The minimum atomic E-state index is -0.700. The SMILES string of the molecule is CCC1(C(=O)O)CCN(Cc2noc(C(C)C)n2)C1. The maximum absolute atomic E-state index is 11.4. The lowest BCUT2D eigenvalue weighted by molar-refractivity contribution is -0.148. The molecule has 1 aromatic rings. The van der Waals surface area contributed by atoms with E-state index in [1.165, 1.54) is 0 Å². The zero-order valence-electron chi connectivity index (χ0n) is 11.7. The van der Waals surface area contributed by atoms with Crippen LogP contribution < -0.4 is 0 Å². The Morgan fingerprint density at radius 3 is 2.79 bits per heavy atom. The monoisotopic (exact) mass is 267 g/mol. The van der Waals surface area contributed by atoms with Gasteiger partial charge in [-0.05, 0) is 19.4 Å². The summed E-state index contributed by atoms with van der Waals surface area (Å²) in [6, 6.07) is 0. The fourth-order valence-electron chi connectivity index (χ4n) is 2.47. The molecule has 1 unspecified atom stereocenters. The molecule has 1 saturated heterocycles. The smallest absolute Gasteiger partial charge is 0.310 e. The van der Waals surface area contributed by atoms with Crippen LogP contribution in [0.25, 0.3) is 0 Å². The average Bonchev–Trinajstić information content (AvgIpc) is 2.97. The largest absolute Gasteiger partial charge is 0.481 e. The number of hydrogen-bond acceptors (Lipinski definition) is 5. The zero-order chi connectivity index (χ0) is 14.0. The molecule has 2 heterocycles. The molecule has 0 radical (unpaired) electrons. The van der Waals surface area contributed by atoms with Crippen LogP contribution in [0.1, 0.15) is 51.2 Å². The minimum Gasteiger partial charge on any atom is -0.481 e. The molecule has 1 aliphatic rings. The van der Waals surface area contributed by atoms with Crippen LogP contribution in [0.4, 0.5) is 0 Å². The molecule has 0 aliphatic carbocycles. The van der Waals surface area contributed by atoms with Crippen molar-refractivity contribution in [3.8, 4) is 0 Å². The minimum absolute atomic E-state index is 0.216. The van der Waals surface area contributed by atoms with Gasteiger partial charge in [0.2, 0.25) is 5.89 Å². The standard InChI is InChI=1S/C13H21N3O3/c1-4-13(12(17)18)5-6-16(8-13)7-10-14-11(9(2)3)19-15-10/h9H,4-8H2,1-3H3,(H,17,18). The van der Waals surface area contributed by atoms with Gasteiger partial charge in [-0.2, -0.15) is 4.98 Å². The van der Waals surface area contributed by atoms with Crippen molar-refractivity contribution in [1.82, 2.24) is 15.0 Å². The fourth-order valence-corrected chi connectivity index (χ4v) is 2.47. The average molecular weight is 267 g/mol. The van der Waals surface area contributed by atoms with Gasteiger partial charge in [-0.1, -0.05) is 25.9 Å². The first-order valence-corrected chi connectivity index (χ1v) is 6.75. The van der Waals surface area contributed by atoms with Gasteiger partial charge >= 0.3 is 5.97 Å². The molecular formula is C13H21N3O3. The first-order chi connectivity index (χ1) is 8.97. The number of aliphatic carboxylic acids is 1. The molecule has 1 fully saturated rings. The summed E-state index contributed by atoms with van der Waals surface area (Å²) in [6.07, 6.45) is 1.34. The maximum atomic E-state index is 11.4. The van der Waals surface area contributed by atoms with Crippen LogP contribution in [0.5, 0.6) is 0 Å². The molecule has 0 amide bonds. The number of carboxylic acid groups (broad SMARTS) is 1. The van der Waals surface area contributed by atoms with Crippen LogP contribution in [0.15, 0.2) is 4.52 Å². The van der Waals surface area contributed by atoms with E-state index in [0.717, 1.165) is 6.54 Å². The van der Waals surface area contributed by atoms with E-state index in [0.29, 0.717) is 37.6 Å². The molecule has 2 rings (SSSR count). The van der Waals surface area contributed by atoms with Crippen molar-refractivity contribution in [1.29, 1.82) is 0 Å². The van der Waals surface area contributed by atoms with Gasteiger partial charge in [0.25, 0.3) is 0 Å². The molecule has 0 spiro atoms. The van der Waals surface area contributed by atoms with E-state index in [9.17, 15) is 9.90 Å². The Kier molecular flexibility index (Phi) is 3.89. The molecule has 0 aromatic carbocycles. The van der Waals surface area contributed by atoms with E-state index < -0.39 is 11.4 Å². The van der Waals surface area contributed by atoms with Crippen LogP contribution in [0.2, 0.25) is 0 Å². The van der Waals surface area contributed by atoms with E-state index >= 15 is 0 Å². The Morgan fingerprint density at radius 2 is 2.32 bits per heavy atom. The Balaban J connectivity index is 1.99. The van der Waals surface area contributed by atoms with Crippen molar-refractivity contribution in [2.75, 3.05) is 13.1 Å². The van der Waals surface area contributed by atoms with Crippen molar-refractivity contribution < 1.29 is 14.4 Å². The quantitative estimate of drug-likeness (QED) is 0.877. The van der Waals surface area contributed by atoms with Gasteiger partial charge in [-0.15, -0.1) is 0 Å². The number of carboxylic acids is 1. The van der Waals surface area contributed by atoms with Gasteiger partial charge in [0.15, 0.2) is 5.82 Å². The molecule has 1 aliphatic heterocycles. The van der Waals surface area contributed by atoms with Crippen molar-refractivity contribution in [3.63, 3.8) is 0 Å². The molecule has 1 atom stereocenters. The van der Waals surface area contributed by atoms with Gasteiger partial charge in [0.1, 0.15) is 0 Å². The van der Waals surface area contributed by atoms with Gasteiger partial charge in [0.05, 0.1) is 12.0 Å². The summed E-state index contributed by atoms with van der Waals surface area (Å²) in [7, 11) is 0. The van der Waals surface area contributed by atoms with Crippen LogP contribution in [-0.2, 0) is 11.3 Å². The van der Waals surface area contributed by atoms with Crippen molar-refractivity contribution >= 4 is 5.97 Å². The van der Waals surface area contributed by atoms with E-state index in [-0.39, 0.29) is 5.92 Å². The summed E-state index contributed by atoms with van der Waals surface area (Å²) in [5.74, 6) is 0.789. The maximum Gasteiger partial charge on any atom is 0.310 e. The van der Waals surface area contributed by atoms with Crippen LogP contribution >= 0.6 is 0 Å². The summed E-state index contributed by atoms with van der Waals surface area (Å²) in [5.41, 5.74) is -0.607. The molecule has 0 bridgehead atoms. The highest BCUT2D eigenvalue weighted by molar-refractivity contribution is 5.75. The lowest BCUT2D eigenvalue weighted by atomic mass is 9.84. The molecule has 1 N–H and O–H groups in total. The lowest BCUT2D eigenvalue weighted by Gasteiger charge is -2.22. The third kappa shape index (κ3) is 2.78. The topological polar surface area (TPSA) is 79.5 Å². The van der Waals surface area contributed by atoms with E-state index in [1.807, 2.05) is 20.8 Å². The molecule has 106 valence electrons. The highest BCUT2D eigenvalue weighted by atomic mass is 16.5. The molecule has 0 saturated carbocycles. The highest BCUT2D eigenvalue weighted by Gasteiger charge is 2.43. The van der Waals surface area contributed by atoms with Crippen LogP contribution in [-0.4, -0.2) is 39.2 Å². The second-order valence-electron chi connectivity index (χ2n) is 5.60. The first-order valence-electron chi connectivity index (χ1n) is 6.75. The molecular weight excluding hydrogens is 246 g/mol. The predicted octanol–water partition coefficient (Wildman–Crippen LogP) is 1.88. The van der Waals surface area contributed by atoms with Gasteiger partial charge in [-0.3, -0.25) is 9.69 Å². The summed E-state index contributed by atoms with van der Waals surface area (Å²) < 4.78 is 5.16. The highest BCUT2D eigenvalue weighted by Crippen LogP contribution is 2.34. The fraction of sp³-hybridized carbons (Fsp3) is 0.769. The molecule has 19 heavy (non-hydrogen) atoms. The molecule has 1 aromatic heterocycles. The normalized spacial score (nSPS) is 24.2. The van der Waals surface area contributed by atoms with Gasteiger partial charge in [0, 0.05) is 12.5 Å². The summed E-state index contributed by atoms with van der Waals surface area (Å²) in [5, 5.41) is 13.3. The number of rotatable bonds is 5. The number of aromatic nitrogens is 2. The van der Waals surface area contributed by atoms with Gasteiger partial charge < -0.3 is 9.63 Å². The zero-order valence-corrected chi connectivity index (χ0v) is 11.7. The number of hydrogen-bond donors (Lipinski definition) is 1. The van der Waals surface area contributed by atoms with Crippen molar-refractivity contribution in [2.24, 2.45) is 5.41 Å². The second kappa shape index (κ2) is 5.28. The van der Waals surface area contributed by atoms with E-state index in [4.69, 9.17) is 4.52 Å². The Labute approximate surface area is 112 Å². The van der Waals surface area contributed by atoms with Crippen molar-refractivity contribution in [3.05, 3.63) is 11.7 Å². The number of carbonyl (C=O) groups is 1. The Hall–Kier alpha value is -1.43. The Bertz CT molecular complexity index is 458. The first kappa shape index (κ1) is 14.0. The summed E-state index contributed by atoms with van der Waals surface area (Å²) in [4.78, 5) is 17.8. The van der Waals surface area contributed by atoms with Gasteiger partial charge in [-0.25, -0.2) is 0 Å². The van der Waals surface area contributed by atoms with E-state index in [2.05, 4.69) is 15.0 Å². The number of likely N-dealkylation sites (tertiary alicyclic amines) is 1. The molecule has 6 heteroatoms. The molecule has 6 nitrogen and oxygen atoms in total. The second-order valence-corrected chi connectivity index (χ2v) is 5.60. The summed E-state index contributed by atoms with van der Waals surface area (Å²) >= 11 is 0. The summed E-state index contributed by atoms with van der Waals surface area (Å²) in [6.45, 7) is 7.82. The third-order valence-corrected chi connectivity index (χ3v) is 3.91. The lowest BCUT2D eigenvalue weighted by Crippen LogP contribution is -2.34. The van der Waals surface area contributed by atoms with Crippen molar-refractivity contribution in [2.45, 2.75) is 46.1 Å². The predicted molar refractivity (Wildman–Crippen MR) is 68.6 cm³/mol. The van der Waals surface area contributed by atoms with E-state index in [1.54, 1.807) is 0 Å². The van der Waals surface area contributed by atoms with Crippen LogP contribution in [0.3, 0.4) is 0 Å². The number of nitrogens with zero attached hydrogens (tertiary/aromatic N) is 3. The Morgan fingerprint density at radius 1 is 1.58 bits per heavy atom. The third-order valence-electron chi connectivity index (χ3n) is 3.91. The van der Waals surface area contributed by atoms with Crippen LogP contribution in [0, 0.1) is 5.41 Å².